The van der Waals surface area contributed by atoms with Crippen LogP contribution in [0.15, 0.2) is 54.9 Å². The number of Topliss-reactive ketones (excluding diaryl/α,β-unsaturated/α-hetero) is 1. The van der Waals surface area contributed by atoms with Crippen molar-refractivity contribution < 1.29 is 18.0 Å². The Morgan fingerprint density at radius 1 is 1.10 bits per heavy atom. The van der Waals surface area contributed by atoms with Crippen LogP contribution in [0.3, 0.4) is 0 Å². The van der Waals surface area contributed by atoms with Crippen molar-refractivity contribution in [1.82, 2.24) is 4.98 Å². The molecule has 2 aromatic rings. The van der Waals surface area contributed by atoms with E-state index in [2.05, 4.69) is 4.98 Å². The standard InChI is InChI=1S/C15H12F3NO/c16-15(17,18)9-13(12-7-4-8-19-10-12)14(20)11-5-2-1-3-6-11/h1-8,10,13H,9H2. The van der Waals surface area contributed by atoms with E-state index in [1.165, 1.54) is 36.7 Å². The molecule has 1 heterocycles. The van der Waals surface area contributed by atoms with Crippen LogP contribution in [0.2, 0.25) is 0 Å². The average Bonchev–Trinajstić information content (AvgIpc) is 2.45. The summed E-state index contributed by atoms with van der Waals surface area (Å²) in [6.45, 7) is 0. The molecule has 0 spiro atoms. The van der Waals surface area contributed by atoms with Crippen LogP contribution in [0.1, 0.15) is 28.3 Å². The fraction of sp³-hybridized carbons (Fsp3) is 0.200. The summed E-state index contributed by atoms with van der Waals surface area (Å²) >= 11 is 0. The van der Waals surface area contributed by atoms with Crippen molar-refractivity contribution >= 4 is 5.78 Å². The number of carbonyl (C=O) groups is 1. The second-order valence-corrected chi connectivity index (χ2v) is 4.39. The molecule has 1 atom stereocenters. The largest absolute Gasteiger partial charge is 0.390 e. The molecular weight excluding hydrogens is 267 g/mol. The molecule has 0 aliphatic heterocycles. The molecule has 2 rings (SSSR count). The lowest BCUT2D eigenvalue weighted by atomic mass is 9.89. The number of pyridine rings is 1. The van der Waals surface area contributed by atoms with E-state index in [-0.39, 0.29) is 11.1 Å². The molecule has 1 aromatic carbocycles. The molecule has 0 bridgehead atoms. The Kier molecular flexibility index (Phi) is 4.17. The van der Waals surface area contributed by atoms with Crippen LogP contribution in [0.25, 0.3) is 0 Å². The van der Waals surface area contributed by atoms with E-state index in [9.17, 15) is 18.0 Å². The summed E-state index contributed by atoms with van der Waals surface area (Å²) in [7, 11) is 0. The highest BCUT2D eigenvalue weighted by Gasteiger charge is 2.36. The third-order valence-corrected chi connectivity index (χ3v) is 2.90. The van der Waals surface area contributed by atoms with E-state index < -0.39 is 24.3 Å². The molecule has 0 radical (unpaired) electrons. The number of ketones is 1. The van der Waals surface area contributed by atoms with Crippen LogP contribution >= 0.6 is 0 Å². The number of carbonyl (C=O) groups excluding carboxylic acids is 1. The zero-order valence-electron chi connectivity index (χ0n) is 10.5. The fourth-order valence-corrected chi connectivity index (χ4v) is 1.98. The Morgan fingerprint density at radius 3 is 2.35 bits per heavy atom. The van der Waals surface area contributed by atoms with Crippen LogP contribution in [-0.2, 0) is 0 Å². The van der Waals surface area contributed by atoms with Gasteiger partial charge in [-0.2, -0.15) is 13.2 Å². The Bertz CT molecular complexity index is 567. The van der Waals surface area contributed by atoms with Gasteiger partial charge in [-0.1, -0.05) is 36.4 Å². The SMILES string of the molecule is O=C(c1ccccc1)C(CC(F)(F)F)c1cccnc1. The topological polar surface area (TPSA) is 30.0 Å². The molecule has 0 fully saturated rings. The van der Waals surface area contributed by atoms with E-state index in [1.54, 1.807) is 18.2 Å². The molecule has 0 N–H and O–H groups in total. The average molecular weight is 279 g/mol. The Morgan fingerprint density at radius 2 is 1.80 bits per heavy atom. The van der Waals surface area contributed by atoms with Crippen molar-refractivity contribution in [3.05, 3.63) is 66.0 Å². The predicted molar refractivity (Wildman–Crippen MR) is 68.4 cm³/mol. The second-order valence-electron chi connectivity index (χ2n) is 4.39. The van der Waals surface area contributed by atoms with Gasteiger partial charge in [0.05, 0.1) is 12.3 Å². The van der Waals surface area contributed by atoms with Crippen molar-refractivity contribution in [2.45, 2.75) is 18.5 Å². The smallest absolute Gasteiger partial charge is 0.293 e. The van der Waals surface area contributed by atoms with E-state index in [1.807, 2.05) is 0 Å². The lowest BCUT2D eigenvalue weighted by Gasteiger charge is -2.17. The molecule has 0 saturated heterocycles. The van der Waals surface area contributed by atoms with Gasteiger partial charge in [0.2, 0.25) is 0 Å². The molecule has 1 aromatic heterocycles. The number of hydrogen-bond acceptors (Lipinski definition) is 2. The summed E-state index contributed by atoms with van der Waals surface area (Å²) in [5.74, 6) is -1.80. The van der Waals surface area contributed by atoms with E-state index in [0.717, 1.165) is 0 Å². The second kappa shape index (κ2) is 5.86. The number of benzene rings is 1. The van der Waals surface area contributed by atoms with Crippen molar-refractivity contribution in [2.75, 3.05) is 0 Å². The van der Waals surface area contributed by atoms with Crippen molar-refractivity contribution in [2.24, 2.45) is 0 Å². The van der Waals surface area contributed by atoms with Crippen molar-refractivity contribution in [1.29, 1.82) is 0 Å². The van der Waals surface area contributed by atoms with Gasteiger partial charge in [0.15, 0.2) is 5.78 Å². The highest BCUT2D eigenvalue weighted by atomic mass is 19.4. The van der Waals surface area contributed by atoms with Gasteiger partial charge in [-0.3, -0.25) is 9.78 Å². The van der Waals surface area contributed by atoms with Gasteiger partial charge in [-0.25, -0.2) is 0 Å². The van der Waals surface area contributed by atoms with Crippen molar-refractivity contribution in [3.63, 3.8) is 0 Å². The van der Waals surface area contributed by atoms with Crippen molar-refractivity contribution in [3.8, 4) is 0 Å². The minimum absolute atomic E-state index is 0.269. The maximum Gasteiger partial charge on any atom is 0.390 e. The molecule has 0 aliphatic rings. The Balaban J connectivity index is 2.35. The monoisotopic (exact) mass is 279 g/mol. The maximum absolute atomic E-state index is 12.7. The fourth-order valence-electron chi connectivity index (χ4n) is 1.98. The van der Waals surface area contributed by atoms with E-state index >= 15 is 0 Å². The third kappa shape index (κ3) is 3.66. The number of alkyl halides is 3. The Labute approximate surface area is 114 Å². The summed E-state index contributed by atoms with van der Waals surface area (Å²) in [6, 6.07) is 11.0. The molecular formula is C15H12F3NO. The summed E-state index contributed by atoms with van der Waals surface area (Å²) in [5, 5.41) is 0. The lowest BCUT2D eigenvalue weighted by molar-refractivity contribution is -0.136. The van der Waals surface area contributed by atoms with Gasteiger partial charge in [0, 0.05) is 18.0 Å². The molecule has 20 heavy (non-hydrogen) atoms. The number of nitrogens with zero attached hydrogens (tertiary/aromatic N) is 1. The normalized spacial score (nSPS) is 12.9. The first-order chi connectivity index (χ1) is 9.47. The molecule has 2 nitrogen and oxygen atoms in total. The molecule has 0 saturated carbocycles. The molecule has 0 amide bonds. The number of halogens is 3. The van der Waals surface area contributed by atoms with Gasteiger partial charge in [0.1, 0.15) is 0 Å². The molecule has 1 unspecified atom stereocenters. The van der Waals surface area contributed by atoms with Crippen LogP contribution < -0.4 is 0 Å². The third-order valence-electron chi connectivity index (χ3n) is 2.90. The highest BCUT2D eigenvalue weighted by molar-refractivity contribution is 6.00. The van der Waals surface area contributed by atoms with Crippen LogP contribution in [0, 0.1) is 0 Å². The van der Waals surface area contributed by atoms with Gasteiger partial charge in [0.25, 0.3) is 0 Å². The van der Waals surface area contributed by atoms with Crippen LogP contribution in [0.5, 0.6) is 0 Å². The highest BCUT2D eigenvalue weighted by Crippen LogP contribution is 2.33. The Hall–Kier alpha value is -2.17. The first kappa shape index (κ1) is 14.2. The summed E-state index contributed by atoms with van der Waals surface area (Å²) in [5.41, 5.74) is 0.546. The summed E-state index contributed by atoms with van der Waals surface area (Å²) < 4.78 is 38.1. The minimum Gasteiger partial charge on any atom is -0.293 e. The van der Waals surface area contributed by atoms with Gasteiger partial charge >= 0.3 is 6.18 Å². The zero-order chi connectivity index (χ0) is 14.6. The minimum atomic E-state index is -4.41. The first-order valence-corrected chi connectivity index (χ1v) is 6.03. The van der Waals surface area contributed by atoms with Gasteiger partial charge in [-0.05, 0) is 11.6 Å². The van der Waals surface area contributed by atoms with Crippen LogP contribution in [0.4, 0.5) is 13.2 Å². The maximum atomic E-state index is 12.7. The first-order valence-electron chi connectivity index (χ1n) is 6.03. The number of aromatic nitrogens is 1. The summed E-state index contributed by atoms with van der Waals surface area (Å²) in [4.78, 5) is 16.1. The van der Waals surface area contributed by atoms with E-state index in [0.29, 0.717) is 0 Å². The molecule has 5 heteroatoms. The van der Waals surface area contributed by atoms with Gasteiger partial charge in [-0.15, -0.1) is 0 Å². The summed E-state index contributed by atoms with van der Waals surface area (Å²) in [6.07, 6.45) is -2.84. The molecule has 104 valence electrons. The van der Waals surface area contributed by atoms with Gasteiger partial charge < -0.3 is 0 Å². The van der Waals surface area contributed by atoms with E-state index in [4.69, 9.17) is 0 Å². The number of hydrogen-bond donors (Lipinski definition) is 0. The molecule has 0 aliphatic carbocycles. The predicted octanol–water partition coefficient (Wildman–Crippen LogP) is 4.00. The zero-order valence-corrected chi connectivity index (χ0v) is 10.5. The lowest BCUT2D eigenvalue weighted by Crippen LogP contribution is -2.21. The quantitative estimate of drug-likeness (QED) is 0.792. The van der Waals surface area contributed by atoms with Crippen LogP contribution in [-0.4, -0.2) is 16.9 Å². The number of rotatable bonds is 4.